The average Bonchev–Trinajstić information content (AvgIpc) is 2.54. The Morgan fingerprint density at radius 2 is 1.91 bits per heavy atom. The van der Waals surface area contributed by atoms with E-state index in [1.54, 1.807) is 13.2 Å². The number of carboxylic acid groups (broad SMARTS) is 1. The zero-order valence-corrected chi connectivity index (χ0v) is 13.5. The van der Waals surface area contributed by atoms with E-state index in [0.717, 1.165) is 5.56 Å². The van der Waals surface area contributed by atoms with Gasteiger partial charge in [-0.1, -0.05) is 6.07 Å². The third-order valence-electron chi connectivity index (χ3n) is 4.12. The van der Waals surface area contributed by atoms with Crippen molar-refractivity contribution in [2.24, 2.45) is 5.92 Å². The van der Waals surface area contributed by atoms with Gasteiger partial charge in [0, 0.05) is 6.04 Å². The number of carbonyl (C=O) groups excluding carboxylic acids is 1. The molecule has 2 rings (SSSR count). The quantitative estimate of drug-likeness (QED) is 0.838. The van der Waals surface area contributed by atoms with Gasteiger partial charge >= 0.3 is 5.97 Å². The SMILES string of the molecule is COc1cc(C)ccc1OCC(=O)NC1CCC(C(=O)O)CC1. The van der Waals surface area contributed by atoms with Crippen molar-refractivity contribution < 1.29 is 24.2 Å². The predicted molar refractivity (Wildman–Crippen MR) is 84.8 cm³/mol. The number of benzene rings is 1. The number of rotatable bonds is 6. The van der Waals surface area contributed by atoms with Crippen LogP contribution in [0.25, 0.3) is 0 Å². The van der Waals surface area contributed by atoms with Crippen molar-refractivity contribution in [2.75, 3.05) is 13.7 Å². The van der Waals surface area contributed by atoms with Crippen LogP contribution in [0.1, 0.15) is 31.2 Å². The van der Waals surface area contributed by atoms with Crippen molar-refractivity contribution in [1.29, 1.82) is 0 Å². The van der Waals surface area contributed by atoms with Crippen LogP contribution in [0.2, 0.25) is 0 Å². The van der Waals surface area contributed by atoms with Gasteiger partial charge < -0.3 is 19.9 Å². The molecule has 2 N–H and O–H groups in total. The summed E-state index contributed by atoms with van der Waals surface area (Å²) in [5.74, 6) is -0.102. The lowest BCUT2D eigenvalue weighted by molar-refractivity contribution is -0.142. The topological polar surface area (TPSA) is 84.9 Å². The second-order valence-corrected chi connectivity index (χ2v) is 5.90. The highest BCUT2D eigenvalue weighted by molar-refractivity contribution is 5.78. The van der Waals surface area contributed by atoms with Crippen LogP contribution in [0.4, 0.5) is 0 Å². The zero-order valence-electron chi connectivity index (χ0n) is 13.5. The maximum Gasteiger partial charge on any atom is 0.306 e. The number of ether oxygens (including phenoxy) is 2. The molecule has 1 aliphatic rings. The van der Waals surface area contributed by atoms with Crippen molar-refractivity contribution in [3.05, 3.63) is 23.8 Å². The van der Waals surface area contributed by atoms with Gasteiger partial charge in [0.2, 0.25) is 0 Å². The van der Waals surface area contributed by atoms with Crippen molar-refractivity contribution in [2.45, 2.75) is 38.6 Å². The Morgan fingerprint density at radius 3 is 2.52 bits per heavy atom. The lowest BCUT2D eigenvalue weighted by Crippen LogP contribution is -2.40. The summed E-state index contributed by atoms with van der Waals surface area (Å²) < 4.78 is 10.7. The van der Waals surface area contributed by atoms with Gasteiger partial charge in [0.25, 0.3) is 5.91 Å². The Bertz CT molecular complexity index is 564. The van der Waals surface area contributed by atoms with Gasteiger partial charge in [0.1, 0.15) is 0 Å². The Balaban J connectivity index is 1.79. The number of aryl methyl sites for hydroxylation is 1. The molecule has 0 atom stereocenters. The maximum atomic E-state index is 12.0. The van der Waals surface area contributed by atoms with Gasteiger partial charge in [-0.3, -0.25) is 9.59 Å². The number of hydrogen-bond donors (Lipinski definition) is 2. The summed E-state index contributed by atoms with van der Waals surface area (Å²) in [6.07, 6.45) is 2.59. The van der Waals surface area contributed by atoms with Crippen LogP contribution >= 0.6 is 0 Å². The van der Waals surface area contributed by atoms with E-state index in [9.17, 15) is 9.59 Å². The molecule has 126 valence electrons. The molecule has 1 saturated carbocycles. The minimum absolute atomic E-state index is 0.0293. The normalized spacial score (nSPS) is 20.6. The molecule has 0 aromatic heterocycles. The smallest absolute Gasteiger partial charge is 0.306 e. The van der Waals surface area contributed by atoms with Gasteiger partial charge in [-0.15, -0.1) is 0 Å². The first-order valence-corrected chi connectivity index (χ1v) is 7.79. The molecule has 23 heavy (non-hydrogen) atoms. The van der Waals surface area contributed by atoms with Crippen molar-refractivity contribution in [3.8, 4) is 11.5 Å². The molecule has 6 heteroatoms. The minimum Gasteiger partial charge on any atom is -0.493 e. The fraction of sp³-hybridized carbons (Fsp3) is 0.529. The van der Waals surface area contributed by atoms with Gasteiger partial charge in [0.15, 0.2) is 18.1 Å². The Hall–Kier alpha value is -2.24. The highest BCUT2D eigenvalue weighted by Gasteiger charge is 2.26. The summed E-state index contributed by atoms with van der Waals surface area (Å²) >= 11 is 0. The molecule has 6 nitrogen and oxygen atoms in total. The van der Waals surface area contributed by atoms with Gasteiger partial charge in [0.05, 0.1) is 13.0 Å². The van der Waals surface area contributed by atoms with Crippen LogP contribution in [0.3, 0.4) is 0 Å². The third-order valence-corrected chi connectivity index (χ3v) is 4.12. The number of aliphatic carboxylic acids is 1. The standard InChI is InChI=1S/C17H23NO5/c1-11-3-8-14(15(9-11)22-2)23-10-16(19)18-13-6-4-12(5-7-13)17(20)21/h3,8-9,12-13H,4-7,10H2,1-2H3,(H,18,19)(H,20,21). The Labute approximate surface area is 135 Å². The molecular formula is C17H23NO5. The number of methoxy groups -OCH3 is 1. The number of hydrogen-bond acceptors (Lipinski definition) is 4. The van der Waals surface area contributed by atoms with E-state index >= 15 is 0 Å². The molecule has 1 fully saturated rings. The molecule has 0 spiro atoms. The van der Waals surface area contributed by atoms with Gasteiger partial charge in [-0.25, -0.2) is 0 Å². The van der Waals surface area contributed by atoms with E-state index in [4.69, 9.17) is 14.6 Å². The van der Waals surface area contributed by atoms with Crippen molar-refractivity contribution in [1.82, 2.24) is 5.32 Å². The van der Waals surface area contributed by atoms with Crippen LogP contribution < -0.4 is 14.8 Å². The maximum absolute atomic E-state index is 12.0. The number of amides is 1. The number of carbonyl (C=O) groups is 2. The van der Waals surface area contributed by atoms with Crippen LogP contribution in [0.5, 0.6) is 11.5 Å². The van der Waals surface area contributed by atoms with Crippen molar-refractivity contribution in [3.63, 3.8) is 0 Å². The van der Waals surface area contributed by atoms with Gasteiger partial charge in [-0.05, 0) is 50.3 Å². The van der Waals surface area contributed by atoms with Crippen LogP contribution in [0.15, 0.2) is 18.2 Å². The molecule has 1 aromatic rings. The third kappa shape index (κ3) is 4.87. The summed E-state index contributed by atoms with van der Waals surface area (Å²) in [6, 6.07) is 5.55. The molecule has 1 aliphatic carbocycles. The molecule has 1 aromatic carbocycles. The monoisotopic (exact) mass is 321 g/mol. The van der Waals surface area contributed by atoms with Crippen LogP contribution in [-0.4, -0.2) is 36.7 Å². The van der Waals surface area contributed by atoms with E-state index in [2.05, 4.69) is 5.32 Å². The molecule has 1 amide bonds. The summed E-state index contributed by atoms with van der Waals surface area (Å²) in [6.45, 7) is 1.87. The highest BCUT2D eigenvalue weighted by Crippen LogP contribution is 2.28. The minimum atomic E-state index is -0.746. The zero-order chi connectivity index (χ0) is 16.8. The molecule has 0 saturated heterocycles. The van der Waals surface area contributed by atoms with Crippen molar-refractivity contribution >= 4 is 11.9 Å². The van der Waals surface area contributed by atoms with E-state index < -0.39 is 5.97 Å². The number of carboxylic acids is 1. The van der Waals surface area contributed by atoms with E-state index in [0.29, 0.717) is 37.2 Å². The second kappa shape index (κ2) is 7.85. The lowest BCUT2D eigenvalue weighted by Gasteiger charge is -2.26. The molecule has 0 radical (unpaired) electrons. The van der Waals surface area contributed by atoms with Gasteiger partial charge in [-0.2, -0.15) is 0 Å². The summed E-state index contributed by atoms with van der Waals surface area (Å²) in [5, 5.41) is 11.9. The van der Waals surface area contributed by atoms with Crippen LogP contribution in [0, 0.1) is 12.8 Å². The van der Waals surface area contributed by atoms with E-state index in [1.807, 2.05) is 19.1 Å². The fourth-order valence-corrected chi connectivity index (χ4v) is 2.79. The molecule has 0 aliphatic heterocycles. The molecule has 0 bridgehead atoms. The number of nitrogens with one attached hydrogen (secondary N) is 1. The fourth-order valence-electron chi connectivity index (χ4n) is 2.79. The Kier molecular flexibility index (Phi) is 5.84. The first kappa shape index (κ1) is 17.1. The highest BCUT2D eigenvalue weighted by atomic mass is 16.5. The Morgan fingerprint density at radius 1 is 1.22 bits per heavy atom. The van der Waals surface area contributed by atoms with Crippen LogP contribution in [-0.2, 0) is 9.59 Å². The largest absolute Gasteiger partial charge is 0.493 e. The average molecular weight is 321 g/mol. The molecular weight excluding hydrogens is 298 g/mol. The lowest BCUT2D eigenvalue weighted by atomic mass is 9.86. The van der Waals surface area contributed by atoms with E-state index in [1.165, 1.54) is 0 Å². The summed E-state index contributed by atoms with van der Waals surface area (Å²) in [7, 11) is 1.56. The molecule has 0 unspecified atom stereocenters. The first-order valence-electron chi connectivity index (χ1n) is 7.79. The summed E-state index contributed by atoms with van der Waals surface area (Å²) in [4.78, 5) is 22.9. The first-order chi connectivity index (χ1) is 11.0. The predicted octanol–water partition coefficient (Wildman–Crippen LogP) is 2.14. The van der Waals surface area contributed by atoms with E-state index in [-0.39, 0.29) is 24.5 Å². The molecule has 0 heterocycles. The second-order valence-electron chi connectivity index (χ2n) is 5.90. The summed E-state index contributed by atoms with van der Waals surface area (Å²) in [5.41, 5.74) is 1.05.